The lowest BCUT2D eigenvalue weighted by Crippen LogP contribution is -2.30. The van der Waals surface area contributed by atoms with E-state index in [4.69, 9.17) is 17.4 Å². The molecule has 1 atom stereocenters. The lowest BCUT2D eigenvalue weighted by atomic mass is 9.99. The number of halogens is 3. The minimum Gasteiger partial charge on any atom is -0.271 e. The van der Waals surface area contributed by atoms with Crippen molar-refractivity contribution in [2.45, 2.75) is 12.5 Å². The van der Waals surface area contributed by atoms with Gasteiger partial charge in [0, 0.05) is 8.59 Å². The molecule has 2 aromatic carbocycles. The van der Waals surface area contributed by atoms with E-state index in [9.17, 15) is 4.39 Å². The van der Waals surface area contributed by atoms with Crippen LogP contribution in [0.5, 0.6) is 0 Å². The molecule has 19 heavy (non-hydrogen) atoms. The summed E-state index contributed by atoms with van der Waals surface area (Å²) in [6.07, 6.45) is 0.472. The van der Waals surface area contributed by atoms with Crippen LogP contribution in [-0.2, 0) is 6.42 Å². The Balaban J connectivity index is 2.27. The van der Waals surface area contributed by atoms with E-state index in [0.717, 1.165) is 9.13 Å². The smallest absolute Gasteiger partial charge is 0.127 e. The fraction of sp³-hybridized carbons (Fsp3) is 0.143. The van der Waals surface area contributed by atoms with Crippen LogP contribution in [0.3, 0.4) is 0 Å². The van der Waals surface area contributed by atoms with Gasteiger partial charge < -0.3 is 0 Å². The standard InChI is InChI=1S/C14H13ClFIN2/c15-10-6-5-9(12(16)8-10)7-14(19-18)11-3-1-2-4-13(11)17/h1-6,8,14,19H,7,18H2. The van der Waals surface area contributed by atoms with Gasteiger partial charge in [0.1, 0.15) is 5.82 Å². The largest absolute Gasteiger partial charge is 0.271 e. The highest BCUT2D eigenvalue weighted by Crippen LogP contribution is 2.24. The summed E-state index contributed by atoms with van der Waals surface area (Å²) in [4.78, 5) is 0. The Labute approximate surface area is 130 Å². The molecule has 0 aliphatic heterocycles. The van der Waals surface area contributed by atoms with Gasteiger partial charge >= 0.3 is 0 Å². The molecule has 3 N–H and O–H groups in total. The first kappa shape index (κ1) is 14.7. The van der Waals surface area contributed by atoms with Crippen LogP contribution in [0.2, 0.25) is 5.02 Å². The summed E-state index contributed by atoms with van der Waals surface area (Å²) in [6.45, 7) is 0. The van der Waals surface area contributed by atoms with Gasteiger partial charge in [-0.15, -0.1) is 0 Å². The van der Waals surface area contributed by atoms with Crippen molar-refractivity contribution >= 4 is 34.2 Å². The summed E-state index contributed by atoms with van der Waals surface area (Å²) in [5.74, 6) is 5.29. The Morgan fingerprint density at radius 1 is 1.26 bits per heavy atom. The number of hydrogen-bond donors (Lipinski definition) is 2. The normalized spacial score (nSPS) is 12.4. The fourth-order valence-electron chi connectivity index (χ4n) is 1.92. The second kappa shape index (κ2) is 6.65. The van der Waals surface area contributed by atoms with Crippen molar-refractivity contribution in [3.8, 4) is 0 Å². The van der Waals surface area contributed by atoms with E-state index < -0.39 is 0 Å². The first-order chi connectivity index (χ1) is 9.11. The van der Waals surface area contributed by atoms with Gasteiger partial charge in [0.2, 0.25) is 0 Å². The lowest BCUT2D eigenvalue weighted by Gasteiger charge is -2.18. The van der Waals surface area contributed by atoms with Gasteiger partial charge in [-0.25, -0.2) is 4.39 Å². The summed E-state index contributed by atoms with van der Waals surface area (Å²) < 4.78 is 14.9. The van der Waals surface area contributed by atoms with Crippen LogP contribution in [-0.4, -0.2) is 0 Å². The third-order valence-corrected chi connectivity index (χ3v) is 4.14. The SMILES string of the molecule is NNC(Cc1ccc(Cl)cc1F)c1ccccc1I. The van der Waals surface area contributed by atoms with Crippen LogP contribution in [0, 0.1) is 9.39 Å². The molecule has 0 heterocycles. The second-order valence-electron chi connectivity index (χ2n) is 4.18. The highest BCUT2D eigenvalue weighted by molar-refractivity contribution is 14.1. The van der Waals surface area contributed by atoms with Crippen LogP contribution in [0.1, 0.15) is 17.2 Å². The van der Waals surface area contributed by atoms with Crippen LogP contribution in [0.25, 0.3) is 0 Å². The maximum atomic E-state index is 13.8. The van der Waals surface area contributed by atoms with Crippen molar-refractivity contribution in [2.24, 2.45) is 5.84 Å². The molecule has 2 rings (SSSR count). The van der Waals surface area contributed by atoms with Gasteiger partial charge in [0.25, 0.3) is 0 Å². The third kappa shape index (κ3) is 3.66. The van der Waals surface area contributed by atoms with Crippen LogP contribution < -0.4 is 11.3 Å². The maximum absolute atomic E-state index is 13.8. The molecule has 0 aliphatic rings. The van der Waals surface area contributed by atoms with Gasteiger partial charge in [0.05, 0.1) is 6.04 Å². The Morgan fingerprint density at radius 3 is 2.63 bits per heavy atom. The molecule has 1 unspecified atom stereocenters. The number of benzene rings is 2. The summed E-state index contributed by atoms with van der Waals surface area (Å²) in [5.41, 5.74) is 4.39. The van der Waals surface area contributed by atoms with Crippen LogP contribution in [0.15, 0.2) is 42.5 Å². The molecule has 0 saturated carbocycles. The molecule has 100 valence electrons. The average Bonchev–Trinajstić information content (AvgIpc) is 2.39. The lowest BCUT2D eigenvalue weighted by molar-refractivity contribution is 0.527. The second-order valence-corrected chi connectivity index (χ2v) is 5.78. The van der Waals surface area contributed by atoms with Crippen molar-refractivity contribution in [2.75, 3.05) is 0 Å². The highest BCUT2D eigenvalue weighted by atomic mass is 127. The first-order valence-corrected chi connectivity index (χ1v) is 7.22. The van der Waals surface area contributed by atoms with E-state index in [1.165, 1.54) is 6.07 Å². The van der Waals surface area contributed by atoms with Gasteiger partial charge in [-0.05, 0) is 58.3 Å². The fourth-order valence-corrected chi connectivity index (χ4v) is 2.85. The van der Waals surface area contributed by atoms with E-state index in [0.29, 0.717) is 17.0 Å². The topological polar surface area (TPSA) is 38.0 Å². The van der Waals surface area contributed by atoms with E-state index >= 15 is 0 Å². The number of hydrazine groups is 1. The molecule has 0 aliphatic carbocycles. The van der Waals surface area contributed by atoms with E-state index in [2.05, 4.69) is 28.0 Å². The van der Waals surface area contributed by atoms with E-state index in [-0.39, 0.29) is 11.9 Å². The van der Waals surface area contributed by atoms with Gasteiger partial charge in [-0.2, -0.15) is 0 Å². The number of rotatable bonds is 4. The third-order valence-electron chi connectivity index (χ3n) is 2.92. The molecule has 2 nitrogen and oxygen atoms in total. The number of nitrogens with two attached hydrogens (primary N) is 1. The minimum atomic E-state index is -0.307. The van der Waals surface area contributed by atoms with Crippen LogP contribution in [0.4, 0.5) is 4.39 Å². The molecular formula is C14H13ClFIN2. The predicted molar refractivity (Wildman–Crippen MR) is 84.3 cm³/mol. The van der Waals surface area contributed by atoms with Crippen molar-refractivity contribution in [3.05, 3.63) is 68.0 Å². The zero-order chi connectivity index (χ0) is 13.8. The Hall–Kier alpha value is -0.690. The molecule has 0 spiro atoms. The van der Waals surface area contributed by atoms with Gasteiger partial charge in [-0.3, -0.25) is 11.3 Å². The quantitative estimate of drug-likeness (QED) is 0.473. The Morgan fingerprint density at radius 2 is 2.00 bits per heavy atom. The van der Waals surface area contributed by atoms with Gasteiger partial charge in [0.15, 0.2) is 0 Å². The molecule has 0 saturated heterocycles. The zero-order valence-electron chi connectivity index (χ0n) is 10.0. The highest BCUT2D eigenvalue weighted by Gasteiger charge is 2.15. The van der Waals surface area contributed by atoms with Crippen LogP contribution >= 0.6 is 34.2 Å². The first-order valence-electron chi connectivity index (χ1n) is 5.76. The molecular weight excluding hydrogens is 378 g/mol. The average molecular weight is 391 g/mol. The summed E-state index contributed by atoms with van der Waals surface area (Å²) in [6, 6.07) is 12.5. The van der Waals surface area contributed by atoms with Crippen molar-refractivity contribution in [1.29, 1.82) is 0 Å². The summed E-state index contributed by atoms with van der Waals surface area (Å²) >= 11 is 7.99. The molecule has 0 aromatic heterocycles. The number of hydrogen-bond acceptors (Lipinski definition) is 2. The molecule has 0 bridgehead atoms. The maximum Gasteiger partial charge on any atom is 0.127 e. The predicted octanol–water partition coefficient (Wildman–Crippen LogP) is 3.83. The van der Waals surface area contributed by atoms with Crippen molar-refractivity contribution in [1.82, 2.24) is 5.43 Å². The Bertz CT molecular complexity index is 577. The molecule has 0 radical (unpaired) electrons. The van der Waals surface area contributed by atoms with Crippen molar-refractivity contribution < 1.29 is 4.39 Å². The molecule has 5 heteroatoms. The van der Waals surface area contributed by atoms with E-state index in [1.54, 1.807) is 12.1 Å². The zero-order valence-corrected chi connectivity index (χ0v) is 13.0. The molecule has 2 aromatic rings. The van der Waals surface area contributed by atoms with E-state index in [1.807, 2.05) is 24.3 Å². The number of nitrogens with one attached hydrogen (secondary N) is 1. The van der Waals surface area contributed by atoms with Gasteiger partial charge in [-0.1, -0.05) is 35.9 Å². The summed E-state index contributed by atoms with van der Waals surface area (Å²) in [7, 11) is 0. The Kier molecular flexibility index (Phi) is 5.15. The monoisotopic (exact) mass is 390 g/mol. The van der Waals surface area contributed by atoms with Crippen molar-refractivity contribution in [3.63, 3.8) is 0 Å². The summed E-state index contributed by atoms with van der Waals surface area (Å²) in [5, 5.41) is 0.396. The molecule has 0 amide bonds. The minimum absolute atomic E-state index is 0.135. The molecule has 0 fully saturated rings.